The van der Waals surface area contributed by atoms with Crippen LogP contribution >= 0.6 is 11.6 Å². The van der Waals surface area contributed by atoms with Gasteiger partial charge in [-0.25, -0.2) is 0 Å². The molecule has 0 bridgehead atoms. The van der Waals surface area contributed by atoms with Gasteiger partial charge in [-0.05, 0) is 73.4 Å². The van der Waals surface area contributed by atoms with Crippen molar-refractivity contribution in [3.05, 3.63) is 99.7 Å². The predicted octanol–water partition coefficient (Wildman–Crippen LogP) is 8.28. The lowest BCUT2D eigenvalue weighted by Gasteiger charge is -2.29. The van der Waals surface area contributed by atoms with Gasteiger partial charge in [-0.15, -0.1) is 0 Å². The molecule has 0 aliphatic carbocycles. The average Bonchev–Trinajstić information content (AvgIpc) is 3.25. The maximum absolute atomic E-state index is 13.5. The fraction of sp³-hybridized carbons (Fsp3) is 0.290. The van der Waals surface area contributed by atoms with Crippen LogP contribution in [0, 0.1) is 6.92 Å². The zero-order chi connectivity index (χ0) is 31.7. The molecular weight excluding hydrogens is 596 g/mol. The summed E-state index contributed by atoms with van der Waals surface area (Å²) in [6, 6.07) is 12.5. The molecule has 5 nitrogen and oxygen atoms in total. The first-order chi connectivity index (χ1) is 20.0. The van der Waals surface area contributed by atoms with Gasteiger partial charge in [0.2, 0.25) is 5.91 Å². The van der Waals surface area contributed by atoms with Crippen LogP contribution in [0.25, 0.3) is 10.9 Å². The van der Waals surface area contributed by atoms with Crippen molar-refractivity contribution in [2.24, 2.45) is 7.05 Å². The molecule has 0 aliphatic rings. The number of nitrogens with zero attached hydrogens (tertiary/aromatic N) is 2. The highest BCUT2D eigenvalue weighted by atomic mass is 35.5. The summed E-state index contributed by atoms with van der Waals surface area (Å²) >= 11 is 5.98. The number of carbonyl (C=O) groups excluding carboxylic acids is 2. The van der Waals surface area contributed by atoms with Crippen LogP contribution in [0.1, 0.15) is 45.5 Å². The fourth-order valence-electron chi connectivity index (χ4n) is 5.00. The summed E-state index contributed by atoms with van der Waals surface area (Å²) in [5.41, 5.74) is -0.956. The van der Waals surface area contributed by atoms with Crippen molar-refractivity contribution in [2.75, 3.05) is 12.4 Å². The molecule has 4 aromatic rings. The number of hydrogen-bond donors (Lipinski definition) is 1. The summed E-state index contributed by atoms with van der Waals surface area (Å²) in [4.78, 5) is 27.5. The third-order valence-corrected chi connectivity index (χ3v) is 7.54. The molecule has 1 heterocycles. The van der Waals surface area contributed by atoms with E-state index in [0.29, 0.717) is 22.8 Å². The lowest BCUT2D eigenvalue weighted by Crippen LogP contribution is -2.39. The molecule has 2 amide bonds. The lowest BCUT2D eigenvalue weighted by molar-refractivity contribution is -0.143. The molecule has 0 radical (unpaired) electrons. The normalized spacial score (nSPS) is 12.8. The number of carbonyl (C=O) groups is 2. The van der Waals surface area contributed by atoms with Crippen LogP contribution in [-0.4, -0.2) is 34.4 Å². The highest BCUT2D eigenvalue weighted by Gasteiger charge is 2.38. The summed E-state index contributed by atoms with van der Waals surface area (Å²) in [7, 11) is 3.14. The number of para-hydroxylation sites is 1. The monoisotopic (exact) mass is 623 g/mol. The second-order valence-electron chi connectivity index (χ2n) is 10.4. The Bertz CT molecular complexity index is 1630. The minimum atomic E-state index is -5.10. The van der Waals surface area contributed by atoms with Gasteiger partial charge in [-0.1, -0.05) is 29.8 Å². The zero-order valence-electron chi connectivity index (χ0n) is 23.4. The van der Waals surface area contributed by atoms with Crippen molar-refractivity contribution in [1.82, 2.24) is 9.47 Å². The van der Waals surface area contributed by atoms with Crippen LogP contribution in [0.4, 0.5) is 32.0 Å². The van der Waals surface area contributed by atoms with Crippen LogP contribution in [0.5, 0.6) is 0 Å². The van der Waals surface area contributed by atoms with Crippen LogP contribution in [-0.2, 0) is 30.6 Å². The third-order valence-electron chi connectivity index (χ3n) is 7.30. The summed E-state index contributed by atoms with van der Waals surface area (Å²) in [6.07, 6.45) is -8.16. The Kier molecular flexibility index (Phi) is 9.15. The number of nitrogens with one attached hydrogen (secondary N) is 1. The van der Waals surface area contributed by atoms with E-state index in [0.717, 1.165) is 26.9 Å². The molecule has 0 spiro atoms. The van der Waals surface area contributed by atoms with Crippen molar-refractivity contribution < 1.29 is 35.9 Å². The Morgan fingerprint density at radius 3 is 2.19 bits per heavy atom. The Labute approximate surface area is 249 Å². The van der Waals surface area contributed by atoms with Crippen molar-refractivity contribution in [1.29, 1.82) is 0 Å². The van der Waals surface area contributed by atoms with E-state index in [2.05, 4.69) is 5.32 Å². The van der Waals surface area contributed by atoms with E-state index in [1.54, 1.807) is 25.1 Å². The molecule has 4 rings (SSSR count). The van der Waals surface area contributed by atoms with E-state index in [1.807, 2.05) is 42.1 Å². The van der Waals surface area contributed by atoms with Crippen molar-refractivity contribution in [3.63, 3.8) is 0 Å². The van der Waals surface area contributed by atoms with Gasteiger partial charge < -0.3 is 14.8 Å². The second-order valence-corrected chi connectivity index (χ2v) is 10.8. The number of hydrogen-bond acceptors (Lipinski definition) is 2. The van der Waals surface area contributed by atoms with Gasteiger partial charge in [0.25, 0.3) is 5.91 Å². The minimum absolute atomic E-state index is 0.0204. The number of anilines is 1. The summed E-state index contributed by atoms with van der Waals surface area (Å²) in [5, 5.41) is 4.15. The molecule has 0 aliphatic heterocycles. The third kappa shape index (κ3) is 7.51. The number of likely N-dealkylation sites (N-methyl/N-ethyl adjacent to an activating group) is 1. The van der Waals surface area contributed by atoms with Crippen molar-refractivity contribution in [3.8, 4) is 0 Å². The fourth-order valence-corrected chi connectivity index (χ4v) is 5.23. The van der Waals surface area contributed by atoms with E-state index < -0.39 is 41.0 Å². The highest BCUT2D eigenvalue weighted by molar-refractivity contribution is 6.30. The average molecular weight is 624 g/mol. The molecule has 1 unspecified atom stereocenters. The van der Waals surface area contributed by atoms with E-state index >= 15 is 0 Å². The van der Waals surface area contributed by atoms with E-state index in [9.17, 15) is 35.9 Å². The van der Waals surface area contributed by atoms with Gasteiger partial charge in [-0.3, -0.25) is 9.59 Å². The van der Waals surface area contributed by atoms with Gasteiger partial charge >= 0.3 is 12.4 Å². The SMILES string of the molecule is Cc1cc(Cl)ccc1NC(=O)CCC(Cc1cn(C)c2ccccc12)N(C)C(=O)c1cc(C(F)(F)F)cc(C(F)(F)F)c1. The number of rotatable bonds is 8. The number of benzene rings is 3. The first kappa shape index (κ1) is 31.9. The van der Waals surface area contributed by atoms with E-state index in [-0.39, 0.29) is 31.2 Å². The topological polar surface area (TPSA) is 54.3 Å². The zero-order valence-corrected chi connectivity index (χ0v) is 24.2. The molecule has 12 heteroatoms. The number of fused-ring (bicyclic) bond motifs is 1. The smallest absolute Gasteiger partial charge is 0.350 e. The first-order valence-corrected chi connectivity index (χ1v) is 13.6. The first-order valence-electron chi connectivity index (χ1n) is 13.2. The number of aryl methyl sites for hydroxylation is 2. The molecular formula is C31H28ClF6N3O2. The molecule has 0 fully saturated rings. The molecule has 1 N–H and O–H groups in total. The van der Waals surface area contributed by atoms with Crippen LogP contribution in [0.2, 0.25) is 5.02 Å². The maximum atomic E-state index is 13.5. The number of halogens is 7. The second kappa shape index (κ2) is 12.3. The standard InChI is InChI=1S/C31H28ClF6N3O2/c1-18-12-23(32)8-10-26(18)39-28(42)11-9-24(15-20-17-40(2)27-7-5-4-6-25(20)27)41(3)29(43)19-13-21(30(33,34)35)16-22(14-19)31(36,37)38/h4-8,10,12-14,16-17,24H,9,11,15H2,1-3H3,(H,39,42). The van der Waals surface area contributed by atoms with E-state index in [1.165, 1.54) is 7.05 Å². The molecule has 3 aromatic carbocycles. The predicted molar refractivity (Wildman–Crippen MR) is 153 cm³/mol. The molecule has 0 saturated carbocycles. The van der Waals surface area contributed by atoms with Crippen LogP contribution < -0.4 is 5.32 Å². The minimum Gasteiger partial charge on any atom is -0.350 e. The van der Waals surface area contributed by atoms with Gasteiger partial charge in [0.15, 0.2) is 0 Å². The number of amides is 2. The lowest BCUT2D eigenvalue weighted by atomic mass is 9.98. The molecule has 1 atom stereocenters. The Morgan fingerprint density at radius 1 is 0.953 bits per heavy atom. The van der Waals surface area contributed by atoms with Gasteiger partial charge in [0, 0.05) is 59.9 Å². The number of aromatic nitrogens is 1. The molecule has 228 valence electrons. The van der Waals surface area contributed by atoms with Gasteiger partial charge in [0.05, 0.1) is 11.1 Å². The largest absolute Gasteiger partial charge is 0.416 e. The highest BCUT2D eigenvalue weighted by Crippen LogP contribution is 2.37. The van der Waals surface area contributed by atoms with E-state index in [4.69, 9.17) is 11.6 Å². The maximum Gasteiger partial charge on any atom is 0.416 e. The Hall–Kier alpha value is -3.99. The quantitative estimate of drug-likeness (QED) is 0.201. The van der Waals surface area contributed by atoms with Gasteiger partial charge in [-0.2, -0.15) is 26.3 Å². The van der Waals surface area contributed by atoms with Crippen LogP contribution in [0.15, 0.2) is 66.9 Å². The summed E-state index contributed by atoms with van der Waals surface area (Å²) < 4.78 is 82.8. The summed E-state index contributed by atoms with van der Waals surface area (Å²) in [5.74, 6) is -1.41. The van der Waals surface area contributed by atoms with Gasteiger partial charge in [0.1, 0.15) is 0 Å². The summed E-state index contributed by atoms with van der Waals surface area (Å²) in [6.45, 7) is 1.77. The Balaban J connectivity index is 1.66. The van der Waals surface area contributed by atoms with Crippen molar-refractivity contribution >= 4 is 40.0 Å². The Morgan fingerprint density at radius 2 is 1.58 bits per heavy atom. The molecule has 43 heavy (non-hydrogen) atoms. The van der Waals surface area contributed by atoms with Crippen molar-refractivity contribution in [2.45, 2.75) is 44.6 Å². The number of alkyl halides is 6. The molecule has 0 saturated heterocycles. The molecule has 1 aromatic heterocycles. The van der Waals surface area contributed by atoms with Crippen LogP contribution in [0.3, 0.4) is 0 Å².